The molecule has 0 heterocycles. The van der Waals surface area contributed by atoms with Gasteiger partial charge in [0.2, 0.25) is 0 Å². The van der Waals surface area contributed by atoms with Gasteiger partial charge in [-0.25, -0.2) is 0 Å². The number of carboxylic acid groups (broad SMARTS) is 4. The molecule has 0 aliphatic heterocycles. The van der Waals surface area contributed by atoms with Crippen molar-refractivity contribution in [1.82, 2.24) is 0 Å². The van der Waals surface area contributed by atoms with E-state index in [1.807, 2.05) is 0 Å². The largest absolute Gasteiger partial charge is 3.00 e. The fraction of sp³-hybridized carbons (Fsp3) is 0.500. The van der Waals surface area contributed by atoms with E-state index in [1.54, 1.807) is 0 Å². The Bertz CT molecular complexity index is 224. The molecule has 0 bridgehead atoms. The summed E-state index contributed by atoms with van der Waals surface area (Å²) in [7, 11) is 0. The first-order valence-electron chi connectivity index (χ1n) is 4.05. The molecule has 0 rings (SSSR count). The monoisotopic (exact) mass is 452 g/mol. The summed E-state index contributed by atoms with van der Waals surface area (Å²) in [6.07, 6.45) is -1.88. The summed E-state index contributed by atoms with van der Waals surface area (Å²) in [5.41, 5.74) is 0. The van der Waals surface area contributed by atoms with Crippen LogP contribution in [-0.2, 0) is 41.6 Å². The number of aliphatic carboxylic acids is 4. The number of rotatable bonds is 6. The van der Waals surface area contributed by atoms with Crippen LogP contribution in [0.5, 0.6) is 0 Å². The van der Waals surface area contributed by atoms with E-state index in [0.29, 0.717) is 0 Å². The van der Waals surface area contributed by atoms with Crippen molar-refractivity contribution in [3.8, 4) is 0 Å². The van der Waals surface area contributed by atoms with Crippen LogP contribution in [0.2, 0.25) is 0 Å². The zero-order valence-electron chi connectivity index (χ0n) is 9.40. The van der Waals surface area contributed by atoms with E-state index >= 15 is 0 Å². The number of carbonyl (C=O) groups excluding carboxylic acids is 4. The maximum atomic E-state index is 9.50. The fourth-order valence-electron chi connectivity index (χ4n) is 0.408. The molecule has 0 N–H and O–H groups in total. The van der Waals surface area contributed by atoms with Crippen LogP contribution in [0, 0.1) is 0 Å². The van der Waals surface area contributed by atoms with Gasteiger partial charge in [0.15, 0.2) is 0 Å². The zero-order chi connectivity index (χ0) is 13.1. The summed E-state index contributed by atoms with van der Waals surface area (Å²) >= 11 is 0. The van der Waals surface area contributed by atoms with E-state index in [2.05, 4.69) is 0 Å². The molecule has 0 aromatic carbocycles. The van der Waals surface area contributed by atoms with Crippen molar-refractivity contribution in [3.63, 3.8) is 0 Å². The van der Waals surface area contributed by atoms with Crippen LogP contribution in [0.4, 0.5) is 0 Å². The van der Waals surface area contributed by atoms with Crippen LogP contribution >= 0.6 is 0 Å². The third-order valence-corrected chi connectivity index (χ3v) is 1.07. The topological polar surface area (TPSA) is 161 Å². The minimum Gasteiger partial charge on any atom is -0.550 e. The predicted molar refractivity (Wildman–Crippen MR) is 38.5 cm³/mol. The van der Waals surface area contributed by atoms with Gasteiger partial charge in [-0.3, -0.25) is 0 Å². The van der Waals surface area contributed by atoms with Gasteiger partial charge in [0.05, 0.1) is 0 Å². The molecule has 0 fully saturated rings. The Kier molecular flexibility index (Phi) is 24.2. The van der Waals surface area contributed by atoms with Gasteiger partial charge in [-0.2, -0.15) is 0 Å². The fourth-order valence-corrected chi connectivity index (χ4v) is 0.408. The second kappa shape index (κ2) is 16.6. The van der Waals surface area contributed by atoms with Crippen molar-refractivity contribution in [3.05, 3.63) is 0 Å². The minimum atomic E-state index is -1.37. The smallest absolute Gasteiger partial charge is 0.550 e. The molecule has 0 spiro atoms. The maximum absolute atomic E-state index is 9.50. The molecule has 0 saturated heterocycles. The van der Waals surface area contributed by atoms with Crippen LogP contribution in [-0.4, -0.2) is 23.9 Å². The minimum absolute atomic E-state index is 0. The molecule has 18 heavy (non-hydrogen) atoms. The van der Waals surface area contributed by atoms with E-state index in [0.717, 1.165) is 0 Å². The third kappa shape index (κ3) is 36.1. The number of carboxylic acids is 4. The number of carbonyl (C=O) groups is 4. The van der Waals surface area contributed by atoms with E-state index in [4.69, 9.17) is 0 Å². The molecule has 8 nitrogen and oxygen atoms in total. The zero-order valence-corrected chi connectivity index (χ0v) is 13.6. The summed E-state index contributed by atoms with van der Waals surface area (Å²) in [5.74, 6) is -5.47. The summed E-state index contributed by atoms with van der Waals surface area (Å²) in [6, 6.07) is 0. The number of hydrogen-bond donors (Lipinski definition) is 0. The van der Waals surface area contributed by atoms with Gasteiger partial charge in [-0.05, 0) is 25.7 Å². The molecule has 100 valence electrons. The average molecular weight is 452 g/mol. The molecule has 0 radical (unpaired) electrons. The molecule has 0 aliphatic rings. The van der Waals surface area contributed by atoms with Crippen molar-refractivity contribution in [2.24, 2.45) is 0 Å². The summed E-state index contributed by atoms with van der Waals surface area (Å²) < 4.78 is 0. The van der Waals surface area contributed by atoms with Crippen molar-refractivity contribution >= 4 is 23.9 Å². The Hall–Kier alpha value is -0.380. The molecule has 0 aromatic heterocycles. The van der Waals surface area contributed by atoms with Gasteiger partial charge in [0, 0.05) is 23.9 Å². The Morgan fingerprint density at radius 1 is 0.556 bits per heavy atom. The normalized spacial score (nSPS) is 7.56. The van der Waals surface area contributed by atoms with E-state index in [9.17, 15) is 39.6 Å². The van der Waals surface area contributed by atoms with Gasteiger partial charge in [0.25, 0.3) is 0 Å². The summed E-state index contributed by atoms with van der Waals surface area (Å²) in [6.45, 7) is 0. The van der Waals surface area contributed by atoms with E-state index in [1.165, 1.54) is 0 Å². The standard InChI is InChI=1S/2C4H6O4.Au.Na/c2*5-3(6)1-2-4(7)8;;/h2*1-2H2,(H,5,6)(H,7,8);;/q;;+3;+1/p-4. The van der Waals surface area contributed by atoms with Crippen LogP contribution in [0.15, 0.2) is 0 Å². The first-order valence-corrected chi connectivity index (χ1v) is 4.05. The first kappa shape index (κ1) is 26.2. The quantitative estimate of drug-likeness (QED) is 0.359. The average Bonchev–Trinajstić information content (AvgIpc) is 2.12. The van der Waals surface area contributed by atoms with Gasteiger partial charge in [-0.1, -0.05) is 0 Å². The molecule has 0 amide bonds. The Balaban J connectivity index is -0.0000000980. The SMILES string of the molecule is O=C([O-])CCC(=O)[O-].O=C([O-])CCC(=O)[O-].[Au+3].[Na+]. The van der Waals surface area contributed by atoms with Crippen molar-refractivity contribution < 1.29 is 91.5 Å². The van der Waals surface area contributed by atoms with E-state index in [-0.39, 0.29) is 51.9 Å². The second-order valence-electron chi connectivity index (χ2n) is 2.49. The third-order valence-electron chi connectivity index (χ3n) is 1.07. The van der Waals surface area contributed by atoms with Crippen molar-refractivity contribution in [2.45, 2.75) is 25.7 Å². The molecule has 0 aliphatic carbocycles. The summed E-state index contributed by atoms with van der Waals surface area (Å²) in [4.78, 5) is 38.0. The predicted octanol–water partition coefficient (Wildman–Crippen LogP) is -8.47. The Morgan fingerprint density at radius 2 is 0.667 bits per heavy atom. The number of hydrogen-bond acceptors (Lipinski definition) is 8. The molecule has 0 aromatic rings. The second-order valence-corrected chi connectivity index (χ2v) is 2.49. The van der Waals surface area contributed by atoms with Gasteiger partial charge in [-0.15, -0.1) is 0 Å². The van der Waals surface area contributed by atoms with E-state index < -0.39 is 49.6 Å². The molecular weight excluding hydrogens is 444 g/mol. The van der Waals surface area contributed by atoms with Gasteiger partial charge >= 0.3 is 51.9 Å². The van der Waals surface area contributed by atoms with Gasteiger partial charge in [0.1, 0.15) is 0 Å². The van der Waals surface area contributed by atoms with Crippen LogP contribution < -0.4 is 50.0 Å². The Labute approximate surface area is 140 Å². The molecule has 0 atom stereocenters. The van der Waals surface area contributed by atoms with Crippen LogP contribution in [0.1, 0.15) is 25.7 Å². The molecule has 10 heteroatoms. The molecule has 0 saturated carbocycles. The van der Waals surface area contributed by atoms with Crippen LogP contribution in [0.25, 0.3) is 0 Å². The van der Waals surface area contributed by atoms with Gasteiger partial charge < -0.3 is 39.6 Å². The van der Waals surface area contributed by atoms with Crippen LogP contribution in [0.3, 0.4) is 0 Å². The molecule has 0 unspecified atom stereocenters. The first-order chi connectivity index (χ1) is 7.25. The molecular formula is C8H8AuNaO8. The summed E-state index contributed by atoms with van der Waals surface area (Å²) in [5, 5.41) is 38.0. The van der Waals surface area contributed by atoms with Crippen molar-refractivity contribution in [2.75, 3.05) is 0 Å². The maximum Gasteiger partial charge on any atom is 3.00 e. The Morgan fingerprint density at radius 3 is 0.722 bits per heavy atom. The van der Waals surface area contributed by atoms with Crippen molar-refractivity contribution in [1.29, 1.82) is 0 Å².